The molecule has 1 amide bonds. The van der Waals surface area contributed by atoms with Gasteiger partial charge in [-0.2, -0.15) is 4.31 Å². The molecule has 2 saturated heterocycles. The Balaban J connectivity index is 1.82. The van der Waals surface area contributed by atoms with E-state index in [1.807, 2.05) is 18.7 Å². The Hall–Kier alpha value is -1.44. The summed E-state index contributed by atoms with van der Waals surface area (Å²) in [5, 5.41) is 0. The van der Waals surface area contributed by atoms with Gasteiger partial charge in [0.15, 0.2) is 0 Å². The van der Waals surface area contributed by atoms with Gasteiger partial charge in [0.05, 0.1) is 17.1 Å². The number of ether oxygens (including phenoxy) is 1. The predicted molar refractivity (Wildman–Crippen MR) is 99.6 cm³/mol. The Bertz CT molecular complexity index is 732. The van der Waals surface area contributed by atoms with Crippen LogP contribution in [0.3, 0.4) is 0 Å². The molecule has 2 heterocycles. The molecule has 26 heavy (non-hydrogen) atoms. The zero-order valence-corrected chi connectivity index (χ0v) is 16.4. The Labute approximate surface area is 156 Å². The van der Waals surface area contributed by atoms with Crippen LogP contribution in [0.4, 0.5) is 0 Å². The minimum Gasteiger partial charge on any atom is -0.373 e. The smallest absolute Gasteiger partial charge is 0.253 e. The summed E-state index contributed by atoms with van der Waals surface area (Å²) in [7, 11) is -3.64. The molecule has 0 radical (unpaired) electrons. The summed E-state index contributed by atoms with van der Waals surface area (Å²) in [4.78, 5) is 14.8. The molecule has 0 bridgehead atoms. The van der Waals surface area contributed by atoms with Crippen LogP contribution in [0.25, 0.3) is 0 Å². The van der Waals surface area contributed by atoms with Crippen LogP contribution in [0.2, 0.25) is 0 Å². The van der Waals surface area contributed by atoms with Gasteiger partial charge in [0, 0.05) is 31.7 Å². The van der Waals surface area contributed by atoms with Crippen molar-refractivity contribution in [3.63, 3.8) is 0 Å². The minimum atomic E-state index is -3.64. The Morgan fingerprint density at radius 2 is 1.65 bits per heavy atom. The van der Waals surface area contributed by atoms with E-state index in [2.05, 4.69) is 0 Å². The first kappa shape index (κ1) is 19.3. The van der Waals surface area contributed by atoms with Crippen molar-refractivity contribution in [2.24, 2.45) is 0 Å². The molecule has 0 aliphatic carbocycles. The van der Waals surface area contributed by atoms with Crippen molar-refractivity contribution in [3.8, 4) is 0 Å². The highest BCUT2D eigenvalue weighted by Crippen LogP contribution is 2.23. The molecule has 6 nitrogen and oxygen atoms in total. The molecule has 2 fully saturated rings. The van der Waals surface area contributed by atoms with Gasteiger partial charge in [-0.25, -0.2) is 8.42 Å². The third-order valence-electron chi connectivity index (χ3n) is 5.00. The quantitative estimate of drug-likeness (QED) is 0.808. The van der Waals surface area contributed by atoms with E-state index in [1.54, 1.807) is 18.2 Å². The summed E-state index contributed by atoms with van der Waals surface area (Å²) in [5.74, 6) is -0.0762. The summed E-state index contributed by atoms with van der Waals surface area (Å²) in [6, 6.07) is 6.45. The molecule has 3 rings (SSSR count). The number of benzene rings is 1. The summed E-state index contributed by atoms with van der Waals surface area (Å²) < 4.78 is 33.2. The first-order valence-corrected chi connectivity index (χ1v) is 10.9. The molecule has 2 aliphatic heterocycles. The fraction of sp³-hybridized carbons (Fsp3) is 0.632. The van der Waals surface area contributed by atoms with E-state index in [4.69, 9.17) is 4.74 Å². The fourth-order valence-corrected chi connectivity index (χ4v) is 5.36. The number of hydrogen-bond donors (Lipinski definition) is 0. The van der Waals surface area contributed by atoms with Crippen molar-refractivity contribution in [1.29, 1.82) is 0 Å². The van der Waals surface area contributed by atoms with Crippen molar-refractivity contribution >= 4 is 15.9 Å². The van der Waals surface area contributed by atoms with Crippen LogP contribution < -0.4 is 0 Å². The summed E-state index contributed by atoms with van der Waals surface area (Å²) in [6.07, 6.45) is 4.02. The van der Waals surface area contributed by atoms with Gasteiger partial charge >= 0.3 is 0 Å². The van der Waals surface area contributed by atoms with E-state index in [1.165, 1.54) is 10.4 Å². The molecule has 2 unspecified atom stereocenters. The lowest BCUT2D eigenvalue weighted by molar-refractivity contribution is -0.0440. The van der Waals surface area contributed by atoms with Gasteiger partial charge in [-0.15, -0.1) is 0 Å². The maximum absolute atomic E-state index is 13.0. The average molecular weight is 381 g/mol. The number of nitrogens with zero attached hydrogens (tertiary/aromatic N) is 2. The highest BCUT2D eigenvalue weighted by Gasteiger charge is 2.32. The standard InChI is InChI=1S/C19H28N2O4S/c1-15-13-21(14-16(2)25-15)26(23,24)18-9-7-8-17(12-18)19(22)20-10-5-3-4-6-11-20/h7-9,12,15-16H,3-6,10-11,13-14H2,1-2H3. The van der Waals surface area contributed by atoms with E-state index in [9.17, 15) is 13.2 Å². The Kier molecular flexibility index (Phi) is 5.99. The van der Waals surface area contributed by atoms with Gasteiger partial charge in [0.2, 0.25) is 10.0 Å². The van der Waals surface area contributed by atoms with Gasteiger partial charge in [-0.3, -0.25) is 4.79 Å². The fourth-order valence-electron chi connectivity index (χ4n) is 3.72. The zero-order valence-electron chi connectivity index (χ0n) is 15.6. The zero-order chi connectivity index (χ0) is 18.7. The van der Waals surface area contributed by atoms with E-state index in [0.29, 0.717) is 18.7 Å². The van der Waals surface area contributed by atoms with Crippen molar-refractivity contribution in [1.82, 2.24) is 9.21 Å². The highest BCUT2D eigenvalue weighted by atomic mass is 32.2. The number of likely N-dealkylation sites (tertiary alicyclic amines) is 1. The lowest BCUT2D eigenvalue weighted by atomic mass is 10.2. The Morgan fingerprint density at radius 3 is 2.27 bits per heavy atom. The number of amides is 1. The molecule has 0 aromatic heterocycles. The summed E-state index contributed by atoms with van der Waals surface area (Å²) >= 11 is 0. The first-order valence-electron chi connectivity index (χ1n) is 9.43. The monoisotopic (exact) mass is 380 g/mol. The number of carbonyl (C=O) groups excluding carboxylic acids is 1. The largest absolute Gasteiger partial charge is 0.373 e. The average Bonchev–Trinajstić information content (AvgIpc) is 2.90. The minimum absolute atomic E-state index is 0.0762. The number of morpholine rings is 1. The van der Waals surface area contributed by atoms with Crippen LogP contribution in [0.1, 0.15) is 49.9 Å². The van der Waals surface area contributed by atoms with Crippen LogP contribution in [0, 0.1) is 0 Å². The Morgan fingerprint density at radius 1 is 1.04 bits per heavy atom. The molecule has 1 aromatic rings. The molecule has 144 valence electrons. The molecular formula is C19H28N2O4S. The van der Waals surface area contributed by atoms with Gasteiger partial charge in [-0.1, -0.05) is 18.9 Å². The molecule has 2 atom stereocenters. The number of sulfonamides is 1. The third-order valence-corrected chi connectivity index (χ3v) is 6.83. The molecule has 7 heteroatoms. The van der Waals surface area contributed by atoms with E-state index < -0.39 is 10.0 Å². The van der Waals surface area contributed by atoms with E-state index in [0.717, 1.165) is 38.8 Å². The van der Waals surface area contributed by atoms with Gasteiger partial charge in [0.25, 0.3) is 5.91 Å². The second-order valence-corrected chi connectivity index (χ2v) is 9.25. The second-order valence-electron chi connectivity index (χ2n) is 7.31. The summed E-state index contributed by atoms with van der Waals surface area (Å²) in [5.41, 5.74) is 0.447. The third kappa shape index (κ3) is 4.27. The molecule has 0 saturated carbocycles. The van der Waals surface area contributed by atoms with Crippen molar-refractivity contribution in [3.05, 3.63) is 29.8 Å². The number of hydrogen-bond acceptors (Lipinski definition) is 4. The van der Waals surface area contributed by atoms with Crippen LogP contribution in [0.15, 0.2) is 29.2 Å². The highest BCUT2D eigenvalue weighted by molar-refractivity contribution is 7.89. The van der Waals surface area contributed by atoms with Crippen molar-refractivity contribution < 1.29 is 17.9 Å². The maximum atomic E-state index is 13.0. The van der Waals surface area contributed by atoms with Gasteiger partial charge in [0.1, 0.15) is 0 Å². The molecule has 0 spiro atoms. The molecule has 1 aromatic carbocycles. The van der Waals surface area contributed by atoms with Crippen LogP contribution in [-0.2, 0) is 14.8 Å². The second kappa shape index (κ2) is 8.06. The van der Waals surface area contributed by atoms with Crippen molar-refractivity contribution in [2.45, 2.75) is 56.6 Å². The van der Waals surface area contributed by atoms with E-state index in [-0.39, 0.29) is 23.0 Å². The predicted octanol–water partition coefficient (Wildman–Crippen LogP) is 2.50. The van der Waals surface area contributed by atoms with Crippen LogP contribution in [0.5, 0.6) is 0 Å². The van der Waals surface area contributed by atoms with Crippen LogP contribution >= 0.6 is 0 Å². The number of rotatable bonds is 3. The van der Waals surface area contributed by atoms with Gasteiger partial charge in [-0.05, 0) is 44.9 Å². The lowest BCUT2D eigenvalue weighted by Gasteiger charge is -2.34. The van der Waals surface area contributed by atoms with Crippen molar-refractivity contribution in [2.75, 3.05) is 26.2 Å². The van der Waals surface area contributed by atoms with E-state index >= 15 is 0 Å². The molecule has 0 N–H and O–H groups in total. The van der Waals surface area contributed by atoms with Gasteiger partial charge < -0.3 is 9.64 Å². The lowest BCUT2D eigenvalue weighted by Crippen LogP contribution is -2.48. The molecule has 2 aliphatic rings. The normalized spacial score (nSPS) is 25.7. The molecular weight excluding hydrogens is 352 g/mol. The topological polar surface area (TPSA) is 66.9 Å². The van der Waals surface area contributed by atoms with Crippen LogP contribution in [-0.4, -0.2) is 61.9 Å². The first-order chi connectivity index (χ1) is 12.4. The summed E-state index contributed by atoms with van der Waals surface area (Å²) in [6.45, 7) is 5.89. The maximum Gasteiger partial charge on any atom is 0.253 e. The number of carbonyl (C=O) groups is 1. The SMILES string of the molecule is CC1CN(S(=O)(=O)c2cccc(C(=O)N3CCCCCC3)c2)CC(C)O1.